The van der Waals surface area contributed by atoms with Gasteiger partial charge in [0.05, 0.1) is 19.2 Å². The second-order valence-electron chi connectivity index (χ2n) is 3.60. The van der Waals surface area contributed by atoms with Gasteiger partial charge in [-0.3, -0.25) is 9.59 Å². The highest BCUT2D eigenvalue weighted by Crippen LogP contribution is 2.24. The third kappa shape index (κ3) is 3.90. The predicted octanol–water partition coefficient (Wildman–Crippen LogP) is 1.51. The lowest BCUT2D eigenvalue weighted by molar-refractivity contribution is -0.137. The maximum absolute atomic E-state index is 12.2. The number of ether oxygens (including phenoxy) is 1. The van der Waals surface area contributed by atoms with Crippen molar-refractivity contribution in [3.63, 3.8) is 0 Å². The van der Waals surface area contributed by atoms with Gasteiger partial charge in [0.25, 0.3) is 5.91 Å². The van der Waals surface area contributed by atoms with Crippen molar-refractivity contribution in [2.75, 3.05) is 20.2 Å². The summed E-state index contributed by atoms with van der Waals surface area (Å²) in [6.45, 7) is -0.578. The zero-order valence-electron chi connectivity index (χ0n) is 10.2. The molecule has 0 aliphatic heterocycles. The van der Waals surface area contributed by atoms with Crippen LogP contribution in [0.2, 0.25) is 5.02 Å². The molecule has 1 amide bonds. The Balaban J connectivity index is 3.09. The summed E-state index contributed by atoms with van der Waals surface area (Å²) in [6.07, 6.45) is 5.13. The van der Waals surface area contributed by atoms with Gasteiger partial charge in [0, 0.05) is 5.02 Å². The van der Waals surface area contributed by atoms with Gasteiger partial charge in [0.2, 0.25) is 0 Å². The second kappa shape index (κ2) is 6.66. The Kier molecular flexibility index (Phi) is 5.22. The van der Waals surface area contributed by atoms with Crippen molar-refractivity contribution in [3.05, 3.63) is 28.8 Å². The molecular formula is C13H12ClNO4. The number of carbonyl (C=O) groups excluding carboxylic acids is 1. The van der Waals surface area contributed by atoms with Crippen molar-refractivity contribution in [1.29, 1.82) is 0 Å². The molecule has 1 rings (SSSR count). The molecule has 1 aromatic rings. The van der Waals surface area contributed by atoms with Crippen LogP contribution in [0, 0.1) is 12.3 Å². The Morgan fingerprint density at radius 3 is 2.74 bits per heavy atom. The molecule has 0 aliphatic rings. The molecule has 0 radical (unpaired) electrons. The maximum Gasteiger partial charge on any atom is 0.323 e. The fraction of sp³-hybridized carbons (Fsp3) is 0.231. The van der Waals surface area contributed by atoms with Crippen LogP contribution in [0.1, 0.15) is 10.4 Å². The zero-order valence-corrected chi connectivity index (χ0v) is 11.0. The number of methoxy groups -OCH3 is 1. The van der Waals surface area contributed by atoms with Crippen molar-refractivity contribution < 1.29 is 19.4 Å². The quantitative estimate of drug-likeness (QED) is 0.831. The van der Waals surface area contributed by atoms with Crippen LogP contribution in [0.5, 0.6) is 5.75 Å². The maximum atomic E-state index is 12.2. The monoisotopic (exact) mass is 281 g/mol. The molecule has 5 nitrogen and oxygen atoms in total. The molecule has 0 heterocycles. The molecular weight excluding hydrogens is 270 g/mol. The largest absolute Gasteiger partial charge is 0.496 e. The molecule has 6 heteroatoms. The van der Waals surface area contributed by atoms with Crippen molar-refractivity contribution in [3.8, 4) is 18.1 Å². The molecule has 0 aliphatic carbocycles. The Bertz CT molecular complexity index is 536. The van der Waals surface area contributed by atoms with E-state index in [2.05, 4.69) is 5.92 Å². The fourth-order valence-corrected chi connectivity index (χ4v) is 1.65. The Morgan fingerprint density at radius 1 is 1.53 bits per heavy atom. The van der Waals surface area contributed by atoms with Crippen LogP contribution in [0.25, 0.3) is 0 Å². The normalized spacial score (nSPS) is 9.53. The number of carboxylic acid groups (broad SMARTS) is 1. The third-order valence-corrected chi connectivity index (χ3v) is 2.52. The first-order chi connectivity index (χ1) is 8.99. The first-order valence-electron chi connectivity index (χ1n) is 5.27. The number of benzene rings is 1. The SMILES string of the molecule is C#CCN(CC(=O)O)C(=O)c1ccc(Cl)cc1OC. The van der Waals surface area contributed by atoms with Crippen LogP contribution in [-0.4, -0.2) is 42.1 Å². The van der Waals surface area contributed by atoms with E-state index < -0.39 is 18.4 Å². The van der Waals surface area contributed by atoms with E-state index in [0.29, 0.717) is 5.02 Å². The van der Waals surface area contributed by atoms with Crippen LogP contribution in [0.15, 0.2) is 18.2 Å². The van der Waals surface area contributed by atoms with E-state index in [0.717, 1.165) is 4.90 Å². The standard InChI is InChI=1S/C13H12ClNO4/c1-3-6-15(8-12(16)17)13(18)10-5-4-9(14)7-11(10)19-2/h1,4-5,7H,6,8H2,2H3,(H,16,17). The van der Waals surface area contributed by atoms with E-state index in [9.17, 15) is 9.59 Å². The summed E-state index contributed by atoms with van der Waals surface area (Å²) >= 11 is 5.79. The second-order valence-corrected chi connectivity index (χ2v) is 4.04. The molecule has 19 heavy (non-hydrogen) atoms. The fourth-order valence-electron chi connectivity index (χ4n) is 1.49. The molecule has 0 bridgehead atoms. The Hall–Kier alpha value is -2.19. The highest BCUT2D eigenvalue weighted by molar-refractivity contribution is 6.30. The van der Waals surface area contributed by atoms with Gasteiger partial charge in [-0.2, -0.15) is 0 Å². The van der Waals surface area contributed by atoms with Gasteiger partial charge in [-0.25, -0.2) is 0 Å². The average Bonchev–Trinajstić information content (AvgIpc) is 2.36. The minimum Gasteiger partial charge on any atom is -0.496 e. The number of carbonyl (C=O) groups is 2. The molecule has 0 unspecified atom stereocenters. The van der Waals surface area contributed by atoms with E-state index in [1.807, 2.05) is 0 Å². The summed E-state index contributed by atoms with van der Waals surface area (Å²) < 4.78 is 5.05. The minimum absolute atomic E-state index is 0.100. The number of hydrogen-bond donors (Lipinski definition) is 1. The molecule has 0 atom stereocenters. The molecule has 0 saturated carbocycles. The van der Waals surface area contributed by atoms with Crippen LogP contribution in [0.4, 0.5) is 0 Å². The Labute approximate surface area is 115 Å². The summed E-state index contributed by atoms with van der Waals surface area (Å²) in [6, 6.07) is 4.46. The molecule has 0 aromatic heterocycles. The topological polar surface area (TPSA) is 66.8 Å². The lowest BCUT2D eigenvalue weighted by Crippen LogP contribution is -2.36. The van der Waals surface area contributed by atoms with Crippen LogP contribution < -0.4 is 4.74 Å². The van der Waals surface area contributed by atoms with Gasteiger partial charge in [0.15, 0.2) is 0 Å². The van der Waals surface area contributed by atoms with Crippen LogP contribution >= 0.6 is 11.6 Å². The summed E-state index contributed by atoms with van der Waals surface area (Å²) in [4.78, 5) is 24.0. The lowest BCUT2D eigenvalue weighted by atomic mass is 10.1. The average molecular weight is 282 g/mol. The van der Waals surface area contributed by atoms with Gasteiger partial charge in [-0.1, -0.05) is 17.5 Å². The summed E-state index contributed by atoms with van der Waals surface area (Å²) in [5, 5.41) is 9.17. The molecule has 100 valence electrons. The Morgan fingerprint density at radius 2 is 2.21 bits per heavy atom. The van der Waals surface area contributed by atoms with Crippen LogP contribution in [0.3, 0.4) is 0 Å². The summed E-state index contributed by atoms with van der Waals surface area (Å²) in [7, 11) is 1.39. The number of rotatable bonds is 5. The first-order valence-corrected chi connectivity index (χ1v) is 5.65. The third-order valence-electron chi connectivity index (χ3n) is 2.29. The van der Waals surface area contributed by atoms with E-state index in [-0.39, 0.29) is 17.9 Å². The highest BCUT2D eigenvalue weighted by Gasteiger charge is 2.21. The molecule has 0 spiro atoms. The van der Waals surface area contributed by atoms with Crippen molar-refractivity contribution in [2.45, 2.75) is 0 Å². The first kappa shape index (κ1) is 14.9. The number of carboxylic acids is 1. The highest BCUT2D eigenvalue weighted by atomic mass is 35.5. The zero-order chi connectivity index (χ0) is 14.4. The number of terminal acetylenes is 1. The van der Waals surface area contributed by atoms with E-state index >= 15 is 0 Å². The van der Waals surface area contributed by atoms with E-state index in [1.54, 1.807) is 0 Å². The summed E-state index contributed by atoms with van der Waals surface area (Å²) in [5.41, 5.74) is 0.211. The molecule has 0 fully saturated rings. The van der Waals surface area contributed by atoms with E-state index in [1.165, 1.54) is 25.3 Å². The minimum atomic E-state index is -1.14. The lowest BCUT2D eigenvalue weighted by Gasteiger charge is -2.19. The van der Waals surface area contributed by atoms with Crippen molar-refractivity contribution in [1.82, 2.24) is 4.90 Å². The van der Waals surface area contributed by atoms with Gasteiger partial charge >= 0.3 is 5.97 Å². The molecule has 0 saturated heterocycles. The van der Waals surface area contributed by atoms with Gasteiger partial charge < -0.3 is 14.7 Å². The number of amides is 1. The van der Waals surface area contributed by atoms with Crippen molar-refractivity contribution >= 4 is 23.5 Å². The smallest absolute Gasteiger partial charge is 0.323 e. The van der Waals surface area contributed by atoms with E-state index in [4.69, 9.17) is 27.9 Å². The van der Waals surface area contributed by atoms with Crippen LogP contribution in [-0.2, 0) is 4.79 Å². The van der Waals surface area contributed by atoms with Gasteiger partial charge in [0.1, 0.15) is 12.3 Å². The van der Waals surface area contributed by atoms with Crippen molar-refractivity contribution in [2.24, 2.45) is 0 Å². The molecule has 1 aromatic carbocycles. The number of hydrogen-bond acceptors (Lipinski definition) is 3. The number of halogens is 1. The molecule has 1 N–H and O–H groups in total. The van der Waals surface area contributed by atoms with Gasteiger partial charge in [-0.15, -0.1) is 6.42 Å². The number of nitrogens with zero attached hydrogens (tertiary/aromatic N) is 1. The predicted molar refractivity (Wildman–Crippen MR) is 70.4 cm³/mol. The summed E-state index contributed by atoms with van der Waals surface area (Å²) in [5.74, 6) is 0.854. The number of aliphatic carboxylic acids is 1. The van der Waals surface area contributed by atoms with Gasteiger partial charge in [-0.05, 0) is 18.2 Å².